The maximum atomic E-state index is 11.8. The molecule has 0 aromatic heterocycles. The molecule has 2 rings (SSSR count). The van der Waals surface area contributed by atoms with E-state index in [2.05, 4.69) is 26.6 Å². The van der Waals surface area contributed by atoms with Gasteiger partial charge in [-0.1, -0.05) is 15.9 Å². The number of benzene rings is 1. The van der Waals surface area contributed by atoms with Crippen molar-refractivity contribution in [2.45, 2.75) is 19.4 Å². The van der Waals surface area contributed by atoms with E-state index >= 15 is 0 Å². The number of amides is 1. The number of carbonyl (C=O) groups excluding carboxylic acids is 1. The summed E-state index contributed by atoms with van der Waals surface area (Å²) in [6.45, 7) is 2.09. The third kappa shape index (κ3) is 4.21. The summed E-state index contributed by atoms with van der Waals surface area (Å²) in [7, 11) is -2.96. The molecule has 0 saturated carbocycles. The fraction of sp³-hybridized carbons (Fsp3) is 0.462. The zero-order chi connectivity index (χ0) is 14.8. The summed E-state index contributed by atoms with van der Waals surface area (Å²) in [5, 5.41) is 5.80. The Hall–Kier alpha value is -1.08. The smallest absolute Gasteiger partial charge is 0.239 e. The van der Waals surface area contributed by atoms with Crippen molar-refractivity contribution in [2.24, 2.45) is 0 Å². The normalized spacial score (nSPS) is 20.6. The van der Waals surface area contributed by atoms with Gasteiger partial charge in [-0.25, -0.2) is 8.42 Å². The molecule has 7 heteroatoms. The minimum absolute atomic E-state index is 0.0516. The van der Waals surface area contributed by atoms with Crippen molar-refractivity contribution in [3.8, 4) is 0 Å². The number of nitrogens with one attached hydrogen (secondary N) is 2. The van der Waals surface area contributed by atoms with Crippen LogP contribution in [0.5, 0.6) is 0 Å². The van der Waals surface area contributed by atoms with E-state index in [1.165, 1.54) is 0 Å². The number of aryl methyl sites for hydroxylation is 1. The van der Waals surface area contributed by atoms with Gasteiger partial charge in [-0.15, -0.1) is 0 Å². The predicted molar refractivity (Wildman–Crippen MR) is 82.6 cm³/mol. The Bertz CT molecular complexity index is 616. The number of hydrogen-bond donors (Lipinski definition) is 2. The fourth-order valence-electron chi connectivity index (χ4n) is 2.19. The molecule has 20 heavy (non-hydrogen) atoms. The predicted octanol–water partition coefficient (Wildman–Crippen LogP) is 1.47. The number of anilines is 1. The van der Waals surface area contributed by atoms with Gasteiger partial charge in [0.05, 0.1) is 18.1 Å². The quantitative estimate of drug-likeness (QED) is 0.852. The Morgan fingerprint density at radius 1 is 1.45 bits per heavy atom. The Labute approximate surface area is 127 Å². The summed E-state index contributed by atoms with van der Waals surface area (Å²) < 4.78 is 23.6. The number of sulfone groups is 1. The molecule has 0 radical (unpaired) electrons. The summed E-state index contributed by atoms with van der Waals surface area (Å²) >= 11 is 3.38. The monoisotopic (exact) mass is 360 g/mol. The van der Waals surface area contributed by atoms with E-state index in [9.17, 15) is 13.2 Å². The van der Waals surface area contributed by atoms with Crippen LogP contribution in [0.4, 0.5) is 5.69 Å². The van der Waals surface area contributed by atoms with Crippen LogP contribution in [0.25, 0.3) is 0 Å². The Kier molecular flexibility index (Phi) is 4.70. The molecular formula is C13H17BrN2O3S. The largest absolute Gasteiger partial charge is 0.376 e. The van der Waals surface area contributed by atoms with E-state index < -0.39 is 9.84 Å². The first kappa shape index (κ1) is 15.3. The van der Waals surface area contributed by atoms with Gasteiger partial charge in [0.2, 0.25) is 5.91 Å². The number of rotatable bonds is 4. The number of carbonyl (C=O) groups is 1. The molecule has 1 amide bonds. The molecule has 1 aliphatic rings. The lowest BCUT2D eigenvalue weighted by molar-refractivity contribution is -0.119. The highest BCUT2D eigenvalue weighted by Gasteiger charge is 2.28. The SMILES string of the molecule is Cc1cc(Br)ccc1NCC(=O)NC1CCS(=O)(=O)C1. The molecule has 2 N–H and O–H groups in total. The van der Waals surface area contributed by atoms with E-state index in [4.69, 9.17) is 0 Å². The second-order valence-corrected chi connectivity index (χ2v) is 8.12. The van der Waals surface area contributed by atoms with Gasteiger partial charge < -0.3 is 10.6 Å². The van der Waals surface area contributed by atoms with E-state index in [1.807, 2.05) is 25.1 Å². The van der Waals surface area contributed by atoms with Crippen LogP contribution in [0, 0.1) is 6.92 Å². The number of halogens is 1. The van der Waals surface area contributed by atoms with Crippen LogP contribution >= 0.6 is 15.9 Å². The number of hydrogen-bond acceptors (Lipinski definition) is 4. The second-order valence-electron chi connectivity index (χ2n) is 4.98. The molecule has 1 heterocycles. The molecule has 1 unspecified atom stereocenters. The summed E-state index contributed by atoms with van der Waals surface area (Å²) in [6.07, 6.45) is 0.505. The van der Waals surface area contributed by atoms with Crippen LogP contribution in [0.3, 0.4) is 0 Å². The van der Waals surface area contributed by atoms with Crippen molar-refractivity contribution in [3.63, 3.8) is 0 Å². The van der Waals surface area contributed by atoms with Crippen molar-refractivity contribution < 1.29 is 13.2 Å². The lowest BCUT2D eigenvalue weighted by Gasteiger charge is -2.13. The van der Waals surface area contributed by atoms with Gasteiger partial charge in [-0.2, -0.15) is 0 Å². The van der Waals surface area contributed by atoms with Crippen LogP contribution in [0.15, 0.2) is 22.7 Å². The van der Waals surface area contributed by atoms with E-state index in [0.29, 0.717) is 6.42 Å². The molecular weight excluding hydrogens is 344 g/mol. The summed E-state index contributed by atoms with van der Waals surface area (Å²) in [4.78, 5) is 11.8. The van der Waals surface area contributed by atoms with Crippen LogP contribution in [0.1, 0.15) is 12.0 Å². The van der Waals surface area contributed by atoms with Crippen LogP contribution in [0.2, 0.25) is 0 Å². The molecule has 1 aromatic carbocycles. The maximum Gasteiger partial charge on any atom is 0.239 e. The topological polar surface area (TPSA) is 75.3 Å². The Morgan fingerprint density at radius 2 is 2.20 bits per heavy atom. The van der Waals surface area contributed by atoms with Crippen molar-refractivity contribution in [1.29, 1.82) is 0 Å². The molecule has 1 aliphatic heterocycles. The van der Waals surface area contributed by atoms with Crippen molar-refractivity contribution in [1.82, 2.24) is 5.32 Å². The summed E-state index contributed by atoms with van der Waals surface area (Å²) in [5.74, 6) is 0.0298. The summed E-state index contributed by atoms with van der Waals surface area (Å²) in [6, 6.07) is 5.51. The van der Waals surface area contributed by atoms with Gasteiger partial charge in [0.1, 0.15) is 0 Å². The highest BCUT2D eigenvalue weighted by Crippen LogP contribution is 2.19. The zero-order valence-corrected chi connectivity index (χ0v) is 13.6. The van der Waals surface area contributed by atoms with Crippen molar-refractivity contribution in [2.75, 3.05) is 23.4 Å². The van der Waals surface area contributed by atoms with Gasteiger partial charge in [0, 0.05) is 16.2 Å². The Morgan fingerprint density at radius 3 is 2.80 bits per heavy atom. The first-order valence-corrected chi connectivity index (χ1v) is 8.97. The average molecular weight is 361 g/mol. The van der Waals surface area contributed by atoms with Gasteiger partial charge in [-0.05, 0) is 37.1 Å². The van der Waals surface area contributed by atoms with Gasteiger partial charge in [0.15, 0.2) is 9.84 Å². The van der Waals surface area contributed by atoms with Crippen molar-refractivity contribution in [3.05, 3.63) is 28.2 Å². The zero-order valence-electron chi connectivity index (χ0n) is 11.1. The van der Waals surface area contributed by atoms with Crippen molar-refractivity contribution >= 4 is 37.4 Å². The molecule has 0 bridgehead atoms. The molecule has 1 aromatic rings. The molecule has 110 valence electrons. The third-order valence-electron chi connectivity index (χ3n) is 3.23. The third-order valence-corrected chi connectivity index (χ3v) is 5.49. The van der Waals surface area contributed by atoms with Gasteiger partial charge in [0.25, 0.3) is 0 Å². The van der Waals surface area contributed by atoms with Crippen LogP contribution < -0.4 is 10.6 Å². The van der Waals surface area contributed by atoms with E-state index in [-0.39, 0.29) is 30.0 Å². The Balaban J connectivity index is 1.84. The lowest BCUT2D eigenvalue weighted by atomic mass is 10.2. The minimum atomic E-state index is -2.96. The molecule has 1 fully saturated rings. The fourth-order valence-corrected chi connectivity index (χ4v) is 4.34. The van der Waals surface area contributed by atoms with Gasteiger partial charge in [-0.3, -0.25) is 4.79 Å². The molecule has 5 nitrogen and oxygen atoms in total. The van der Waals surface area contributed by atoms with Crippen LogP contribution in [-0.2, 0) is 14.6 Å². The lowest BCUT2D eigenvalue weighted by Crippen LogP contribution is -2.39. The standard InChI is InChI=1S/C13H17BrN2O3S/c1-9-6-10(14)2-3-12(9)15-7-13(17)16-11-4-5-20(18,19)8-11/h2-3,6,11,15H,4-5,7-8H2,1H3,(H,16,17). The summed E-state index contributed by atoms with van der Waals surface area (Å²) in [5.41, 5.74) is 1.93. The highest BCUT2D eigenvalue weighted by atomic mass is 79.9. The van der Waals surface area contributed by atoms with E-state index in [1.54, 1.807) is 0 Å². The van der Waals surface area contributed by atoms with Gasteiger partial charge >= 0.3 is 0 Å². The molecule has 1 saturated heterocycles. The maximum absolute atomic E-state index is 11.8. The highest BCUT2D eigenvalue weighted by molar-refractivity contribution is 9.10. The first-order chi connectivity index (χ1) is 9.35. The first-order valence-electron chi connectivity index (χ1n) is 6.35. The average Bonchev–Trinajstić information content (AvgIpc) is 2.67. The van der Waals surface area contributed by atoms with E-state index in [0.717, 1.165) is 15.7 Å². The molecule has 0 aliphatic carbocycles. The molecule has 0 spiro atoms. The van der Waals surface area contributed by atoms with Crippen LogP contribution in [-0.4, -0.2) is 38.4 Å². The second kappa shape index (κ2) is 6.13. The minimum Gasteiger partial charge on any atom is -0.376 e. The molecule has 1 atom stereocenters.